The van der Waals surface area contributed by atoms with E-state index in [2.05, 4.69) is 37.2 Å². The summed E-state index contributed by atoms with van der Waals surface area (Å²) in [5, 5.41) is 0. The summed E-state index contributed by atoms with van der Waals surface area (Å²) in [6.45, 7) is 7.14. The molecule has 3 nitrogen and oxygen atoms in total. The van der Waals surface area contributed by atoms with Gasteiger partial charge in [0.15, 0.2) is 0 Å². The lowest BCUT2D eigenvalue weighted by Gasteiger charge is -2.32. The summed E-state index contributed by atoms with van der Waals surface area (Å²) in [4.78, 5) is 14.5. The number of nitrogens with zero attached hydrogens (tertiary/aromatic N) is 1. The Morgan fingerprint density at radius 3 is 2.68 bits per heavy atom. The summed E-state index contributed by atoms with van der Waals surface area (Å²) in [5.74, 6) is 3.36. The van der Waals surface area contributed by atoms with E-state index in [4.69, 9.17) is 4.74 Å². The highest BCUT2D eigenvalue weighted by molar-refractivity contribution is 6.83. The fourth-order valence-corrected chi connectivity index (χ4v) is 4.17. The number of carbonyl (C=O) groups excluding carboxylic acids is 1. The third-order valence-corrected chi connectivity index (χ3v) is 5.59. The van der Waals surface area contributed by atoms with Crippen molar-refractivity contribution in [3.8, 4) is 11.5 Å². The van der Waals surface area contributed by atoms with Crippen molar-refractivity contribution in [1.82, 2.24) is 4.90 Å². The third kappa shape index (κ3) is 4.76. The van der Waals surface area contributed by atoms with Crippen LogP contribution in [0.4, 0.5) is 4.79 Å². The molecule has 0 N–H and O–H groups in total. The average molecular weight is 354 g/mol. The van der Waals surface area contributed by atoms with Gasteiger partial charge in [0.2, 0.25) is 0 Å². The van der Waals surface area contributed by atoms with Crippen molar-refractivity contribution in [1.29, 1.82) is 0 Å². The highest BCUT2D eigenvalue weighted by Gasteiger charge is 2.40. The van der Waals surface area contributed by atoms with Gasteiger partial charge in [0, 0.05) is 12.5 Å². The van der Waals surface area contributed by atoms with E-state index >= 15 is 0 Å². The molecule has 2 atom stereocenters. The van der Waals surface area contributed by atoms with Gasteiger partial charge in [-0.1, -0.05) is 61.6 Å². The minimum Gasteiger partial charge on any atom is -0.445 e. The van der Waals surface area contributed by atoms with Gasteiger partial charge in [0.1, 0.15) is 14.7 Å². The Balaban J connectivity index is 1.59. The second-order valence-electron chi connectivity index (χ2n) is 8.00. The molecule has 0 aromatic heterocycles. The maximum atomic E-state index is 12.5. The summed E-state index contributed by atoms with van der Waals surface area (Å²) in [6.07, 6.45) is 5.97. The van der Waals surface area contributed by atoms with Crippen LogP contribution in [-0.2, 0) is 11.3 Å². The minimum absolute atomic E-state index is 0.181. The molecule has 2 aliphatic heterocycles. The second-order valence-corrected chi connectivity index (χ2v) is 12.8. The van der Waals surface area contributed by atoms with Crippen LogP contribution >= 0.6 is 0 Å². The molecule has 25 heavy (non-hydrogen) atoms. The van der Waals surface area contributed by atoms with Crippen molar-refractivity contribution in [2.24, 2.45) is 0 Å². The van der Waals surface area contributed by atoms with Crippen molar-refractivity contribution in [3.63, 3.8) is 0 Å². The van der Waals surface area contributed by atoms with Crippen LogP contribution in [0.2, 0.25) is 19.6 Å². The van der Waals surface area contributed by atoms with E-state index in [9.17, 15) is 4.79 Å². The molecular weight excluding hydrogens is 326 g/mol. The standard InChI is InChI=1S/C21H27NO2Si/c1-25(2,3)13-7-10-18-14-19-11-12-20(15-18)22(19)21(23)24-16-17-8-5-4-6-9-17/h4-6,8-9,14,19-20H,10-12,15-16H2,1-3H3. The van der Waals surface area contributed by atoms with Gasteiger partial charge in [-0.15, -0.1) is 11.5 Å². The van der Waals surface area contributed by atoms with Gasteiger partial charge >= 0.3 is 6.09 Å². The molecule has 0 spiro atoms. The Morgan fingerprint density at radius 2 is 2.00 bits per heavy atom. The van der Waals surface area contributed by atoms with Crippen molar-refractivity contribution >= 4 is 14.2 Å². The molecule has 1 aromatic carbocycles. The summed E-state index contributed by atoms with van der Waals surface area (Å²) >= 11 is 0. The largest absolute Gasteiger partial charge is 0.445 e. The summed E-state index contributed by atoms with van der Waals surface area (Å²) in [5.41, 5.74) is 5.85. The smallest absolute Gasteiger partial charge is 0.410 e. The second kappa shape index (κ2) is 7.49. The number of hydrogen-bond donors (Lipinski definition) is 0. The topological polar surface area (TPSA) is 29.5 Å². The van der Waals surface area contributed by atoms with Crippen LogP contribution in [0.3, 0.4) is 0 Å². The summed E-state index contributed by atoms with van der Waals surface area (Å²) in [6, 6.07) is 10.3. The van der Waals surface area contributed by atoms with Crippen LogP contribution in [0.1, 0.15) is 31.2 Å². The Bertz CT molecular complexity index is 709. The van der Waals surface area contributed by atoms with Crippen LogP contribution in [-0.4, -0.2) is 31.2 Å². The molecular formula is C21H27NO2Si. The van der Waals surface area contributed by atoms with Crippen LogP contribution in [0.15, 0.2) is 42.0 Å². The lowest BCUT2D eigenvalue weighted by Crippen LogP contribution is -2.43. The van der Waals surface area contributed by atoms with Crippen LogP contribution < -0.4 is 0 Å². The van der Waals surface area contributed by atoms with Crippen LogP contribution in [0.5, 0.6) is 0 Å². The van der Waals surface area contributed by atoms with Crippen molar-refractivity contribution in [2.45, 2.75) is 64.0 Å². The average Bonchev–Trinajstić information content (AvgIpc) is 2.83. The van der Waals surface area contributed by atoms with Gasteiger partial charge in [-0.05, 0) is 24.8 Å². The number of fused-ring (bicyclic) bond motifs is 2. The Labute approximate surface area is 152 Å². The lowest BCUT2D eigenvalue weighted by molar-refractivity contribution is 0.0816. The molecule has 1 fully saturated rings. The predicted octanol–water partition coefficient (Wildman–Crippen LogP) is 4.76. The molecule has 2 heterocycles. The maximum Gasteiger partial charge on any atom is 0.410 e. The van der Waals surface area contributed by atoms with Gasteiger partial charge in [0.05, 0.1) is 6.04 Å². The molecule has 0 aliphatic carbocycles. The molecule has 3 rings (SSSR count). The number of rotatable bonds is 3. The van der Waals surface area contributed by atoms with E-state index in [0.29, 0.717) is 6.61 Å². The summed E-state index contributed by atoms with van der Waals surface area (Å²) < 4.78 is 5.54. The zero-order valence-corrected chi connectivity index (χ0v) is 16.4. The molecule has 1 amide bonds. The number of ether oxygens (including phenoxy) is 1. The molecule has 4 heteroatoms. The van der Waals surface area contributed by atoms with Crippen molar-refractivity contribution in [3.05, 3.63) is 47.5 Å². The third-order valence-electron chi connectivity index (χ3n) is 4.67. The Kier molecular flexibility index (Phi) is 5.34. The Hall–Kier alpha value is -1.99. The first-order chi connectivity index (χ1) is 11.9. The van der Waals surface area contributed by atoms with E-state index in [0.717, 1.165) is 31.2 Å². The van der Waals surface area contributed by atoms with Gasteiger partial charge in [-0.3, -0.25) is 4.90 Å². The molecule has 2 unspecified atom stereocenters. The van der Waals surface area contributed by atoms with Gasteiger partial charge in [0.25, 0.3) is 0 Å². The molecule has 2 aliphatic rings. The van der Waals surface area contributed by atoms with Crippen LogP contribution in [0, 0.1) is 11.5 Å². The first kappa shape index (κ1) is 17.8. The number of carbonyl (C=O) groups is 1. The zero-order valence-electron chi connectivity index (χ0n) is 15.4. The highest BCUT2D eigenvalue weighted by atomic mass is 28.3. The molecule has 1 saturated heterocycles. The monoisotopic (exact) mass is 353 g/mol. The molecule has 132 valence electrons. The van der Waals surface area contributed by atoms with Gasteiger partial charge in [-0.2, -0.15) is 0 Å². The maximum absolute atomic E-state index is 12.5. The number of hydrogen-bond acceptors (Lipinski definition) is 2. The van der Waals surface area contributed by atoms with E-state index in [1.165, 1.54) is 5.57 Å². The molecule has 1 aromatic rings. The van der Waals surface area contributed by atoms with Gasteiger partial charge in [-0.25, -0.2) is 4.79 Å². The van der Waals surface area contributed by atoms with E-state index in [1.807, 2.05) is 35.2 Å². The van der Waals surface area contributed by atoms with Gasteiger partial charge < -0.3 is 4.74 Å². The number of benzene rings is 1. The highest BCUT2D eigenvalue weighted by Crippen LogP contribution is 2.36. The normalized spacial score (nSPS) is 22.0. The van der Waals surface area contributed by atoms with E-state index < -0.39 is 8.07 Å². The van der Waals surface area contributed by atoms with Crippen LogP contribution in [0.25, 0.3) is 0 Å². The lowest BCUT2D eigenvalue weighted by atomic mass is 9.99. The molecule has 0 saturated carbocycles. The minimum atomic E-state index is -1.31. The zero-order chi connectivity index (χ0) is 17.9. The Morgan fingerprint density at radius 1 is 1.24 bits per heavy atom. The SMILES string of the molecule is C[Si](C)(C)C#CCC1=CC2CCC(C1)N2C(=O)OCc1ccccc1. The first-order valence-corrected chi connectivity index (χ1v) is 12.6. The fraction of sp³-hybridized carbons (Fsp3) is 0.476. The van der Waals surface area contributed by atoms with Crippen molar-refractivity contribution < 1.29 is 9.53 Å². The summed E-state index contributed by atoms with van der Waals surface area (Å²) in [7, 11) is -1.31. The molecule has 2 bridgehead atoms. The van der Waals surface area contributed by atoms with Crippen molar-refractivity contribution in [2.75, 3.05) is 0 Å². The molecule has 0 radical (unpaired) electrons. The van der Waals surface area contributed by atoms with E-state index in [1.54, 1.807) is 0 Å². The van der Waals surface area contributed by atoms with E-state index in [-0.39, 0.29) is 18.2 Å². The number of amides is 1. The first-order valence-electron chi connectivity index (χ1n) is 9.11. The quantitative estimate of drug-likeness (QED) is 0.445. The predicted molar refractivity (Wildman–Crippen MR) is 104 cm³/mol. The fourth-order valence-electron chi connectivity index (χ4n) is 3.55.